The zero-order valence-corrected chi connectivity index (χ0v) is 11.1. The number of carboxylic acid groups (broad SMARTS) is 1. The van der Waals surface area contributed by atoms with E-state index in [-0.39, 0.29) is 23.0 Å². The third-order valence-electron chi connectivity index (χ3n) is 2.75. The van der Waals surface area contributed by atoms with Gasteiger partial charge in [-0.15, -0.1) is 0 Å². The van der Waals surface area contributed by atoms with Crippen LogP contribution in [-0.2, 0) is 6.42 Å². The van der Waals surface area contributed by atoms with Crippen molar-refractivity contribution in [2.24, 2.45) is 0 Å². The Hall–Kier alpha value is -1.92. The number of aliphatic hydroxyl groups excluding tert-OH is 1. The number of hydrogen-bond donors (Lipinski definition) is 2. The van der Waals surface area contributed by atoms with E-state index < -0.39 is 11.8 Å². The number of carbonyl (C=O) groups is 1. The smallest absolute Gasteiger partial charge is 0.356 e. The predicted octanol–water partition coefficient (Wildman–Crippen LogP) is 2.29. The number of aromatic carboxylic acids is 1. The summed E-state index contributed by atoms with van der Waals surface area (Å²) < 4.78 is 15.0. The van der Waals surface area contributed by atoms with Crippen LogP contribution in [0.4, 0.5) is 4.39 Å². The van der Waals surface area contributed by atoms with Crippen LogP contribution in [-0.4, -0.2) is 32.6 Å². The normalized spacial score (nSPS) is 10.8. The van der Waals surface area contributed by atoms with Crippen molar-refractivity contribution >= 4 is 17.6 Å². The van der Waals surface area contributed by atoms with Crippen molar-refractivity contribution < 1.29 is 19.4 Å². The van der Waals surface area contributed by atoms with Crippen LogP contribution >= 0.6 is 11.6 Å². The predicted molar refractivity (Wildman–Crippen MR) is 70.9 cm³/mol. The summed E-state index contributed by atoms with van der Waals surface area (Å²) in [4.78, 5) is 11.1. The Bertz CT molecular complexity index is 643. The van der Waals surface area contributed by atoms with Gasteiger partial charge in [0.25, 0.3) is 0 Å². The van der Waals surface area contributed by atoms with Gasteiger partial charge in [0.05, 0.1) is 0 Å². The number of aryl methyl sites for hydroxylation is 1. The Balaban J connectivity index is 2.44. The van der Waals surface area contributed by atoms with Gasteiger partial charge in [0, 0.05) is 23.4 Å². The molecule has 1 heterocycles. The molecule has 1 aromatic heterocycles. The lowest BCUT2D eigenvalue weighted by atomic mass is 10.1. The molecule has 0 bridgehead atoms. The van der Waals surface area contributed by atoms with E-state index in [1.165, 1.54) is 23.0 Å². The molecule has 2 N–H and O–H groups in total. The zero-order chi connectivity index (χ0) is 14.7. The number of nitrogens with zero attached hydrogens (tertiary/aromatic N) is 2. The molecular formula is C13H12ClFN2O3. The highest BCUT2D eigenvalue weighted by molar-refractivity contribution is 6.30. The van der Waals surface area contributed by atoms with E-state index in [0.717, 1.165) is 6.07 Å². The molecule has 0 saturated heterocycles. The van der Waals surface area contributed by atoms with E-state index in [4.69, 9.17) is 21.8 Å². The van der Waals surface area contributed by atoms with E-state index in [1.54, 1.807) is 0 Å². The van der Waals surface area contributed by atoms with Gasteiger partial charge in [0.2, 0.25) is 0 Å². The summed E-state index contributed by atoms with van der Waals surface area (Å²) in [5.41, 5.74) is 0.417. The van der Waals surface area contributed by atoms with Crippen LogP contribution < -0.4 is 0 Å². The quantitative estimate of drug-likeness (QED) is 0.888. The van der Waals surface area contributed by atoms with Crippen molar-refractivity contribution in [3.63, 3.8) is 0 Å². The first kappa shape index (κ1) is 14.5. The van der Waals surface area contributed by atoms with Crippen molar-refractivity contribution in [2.75, 3.05) is 6.61 Å². The molecule has 7 heteroatoms. The minimum Gasteiger partial charge on any atom is -0.476 e. The molecule has 0 aliphatic heterocycles. The largest absolute Gasteiger partial charge is 0.476 e. The summed E-state index contributed by atoms with van der Waals surface area (Å²) in [6.07, 6.45) is 2.22. The first-order chi connectivity index (χ1) is 9.52. The molecule has 0 spiro atoms. The maximum Gasteiger partial charge on any atom is 0.356 e. The van der Waals surface area contributed by atoms with Crippen LogP contribution in [0.2, 0.25) is 5.02 Å². The summed E-state index contributed by atoms with van der Waals surface area (Å²) in [5, 5.41) is 22.0. The van der Waals surface area contributed by atoms with E-state index in [9.17, 15) is 9.18 Å². The van der Waals surface area contributed by atoms with Crippen LogP contribution in [0.25, 0.3) is 5.69 Å². The molecule has 20 heavy (non-hydrogen) atoms. The molecule has 0 radical (unpaired) electrons. The van der Waals surface area contributed by atoms with Crippen LogP contribution in [0.5, 0.6) is 0 Å². The lowest BCUT2D eigenvalue weighted by molar-refractivity contribution is 0.0688. The zero-order valence-electron chi connectivity index (χ0n) is 10.4. The molecule has 1 aromatic carbocycles. The lowest BCUT2D eigenvalue weighted by Gasteiger charge is -2.02. The number of hydrogen-bond acceptors (Lipinski definition) is 3. The van der Waals surface area contributed by atoms with Gasteiger partial charge in [0.15, 0.2) is 5.69 Å². The Morgan fingerprint density at radius 1 is 1.45 bits per heavy atom. The van der Waals surface area contributed by atoms with Gasteiger partial charge >= 0.3 is 5.97 Å². The average molecular weight is 299 g/mol. The Morgan fingerprint density at radius 2 is 2.20 bits per heavy atom. The molecule has 0 atom stereocenters. The molecule has 2 aromatic rings. The van der Waals surface area contributed by atoms with Gasteiger partial charge < -0.3 is 10.2 Å². The number of carboxylic acids is 1. The molecule has 2 rings (SSSR count). The summed E-state index contributed by atoms with van der Waals surface area (Å²) in [7, 11) is 0. The molecule has 106 valence electrons. The Kier molecular flexibility index (Phi) is 4.36. The second-order valence-electron chi connectivity index (χ2n) is 4.18. The highest BCUT2D eigenvalue weighted by Gasteiger charge is 2.17. The second kappa shape index (κ2) is 6.02. The minimum absolute atomic E-state index is 0.0560. The fourth-order valence-electron chi connectivity index (χ4n) is 1.83. The summed E-state index contributed by atoms with van der Waals surface area (Å²) in [6.45, 7) is -0.0560. The molecule has 0 aliphatic rings. The topological polar surface area (TPSA) is 75.3 Å². The highest BCUT2D eigenvalue weighted by Crippen LogP contribution is 2.20. The number of halogens is 2. The lowest BCUT2D eigenvalue weighted by Crippen LogP contribution is -2.04. The highest BCUT2D eigenvalue weighted by atomic mass is 35.5. The van der Waals surface area contributed by atoms with Gasteiger partial charge in [-0.05, 0) is 31.0 Å². The van der Waals surface area contributed by atoms with Gasteiger partial charge in [-0.2, -0.15) is 5.10 Å². The SMILES string of the molecule is O=C(O)c1nn(-c2ccc(Cl)cc2F)cc1CCCO. The van der Waals surface area contributed by atoms with Gasteiger partial charge in [-0.3, -0.25) is 0 Å². The van der Waals surface area contributed by atoms with E-state index in [2.05, 4.69) is 5.10 Å². The molecule has 0 unspecified atom stereocenters. The van der Waals surface area contributed by atoms with Crippen LogP contribution in [0.15, 0.2) is 24.4 Å². The van der Waals surface area contributed by atoms with Crippen molar-refractivity contribution in [1.82, 2.24) is 9.78 Å². The third-order valence-corrected chi connectivity index (χ3v) is 2.99. The third kappa shape index (κ3) is 2.97. The molecular weight excluding hydrogens is 287 g/mol. The summed E-state index contributed by atoms with van der Waals surface area (Å²) in [6, 6.07) is 4.05. The average Bonchev–Trinajstić information content (AvgIpc) is 2.80. The number of aromatic nitrogens is 2. The van der Waals surface area contributed by atoms with E-state index >= 15 is 0 Å². The minimum atomic E-state index is -1.19. The van der Waals surface area contributed by atoms with Crippen molar-refractivity contribution in [3.8, 4) is 5.69 Å². The van der Waals surface area contributed by atoms with Crippen LogP contribution in [0, 0.1) is 5.82 Å². The van der Waals surface area contributed by atoms with Crippen LogP contribution in [0.1, 0.15) is 22.5 Å². The summed E-state index contributed by atoms with van der Waals surface area (Å²) in [5.74, 6) is -1.78. The fraction of sp³-hybridized carbons (Fsp3) is 0.231. The molecule has 5 nitrogen and oxygen atoms in total. The van der Waals surface area contributed by atoms with E-state index in [0.29, 0.717) is 18.4 Å². The van der Waals surface area contributed by atoms with Crippen molar-refractivity contribution in [1.29, 1.82) is 0 Å². The number of rotatable bonds is 5. The fourth-order valence-corrected chi connectivity index (χ4v) is 1.99. The maximum absolute atomic E-state index is 13.8. The standard InChI is InChI=1S/C13H12ClFN2O3/c14-9-3-4-11(10(15)6-9)17-7-8(2-1-5-18)12(16-17)13(19)20/h3-4,6-7,18H,1-2,5H2,(H,19,20). The van der Waals surface area contributed by atoms with Gasteiger partial charge in [0.1, 0.15) is 11.5 Å². The van der Waals surface area contributed by atoms with E-state index in [1.807, 2.05) is 0 Å². The first-order valence-electron chi connectivity index (χ1n) is 5.91. The Morgan fingerprint density at radius 3 is 2.80 bits per heavy atom. The summed E-state index contributed by atoms with van der Waals surface area (Å²) >= 11 is 5.67. The maximum atomic E-state index is 13.8. The number of benzene rings is 1. The van der Waals surface area contributed by atoms with Gasteiger partial charge in [-0.1, -0.05) is 11.6 Å². The van der Waals surface area contributed by atoms with Gasteiger partial charge in [-0.25, -0.2) is 13.9 Å². The second-order valence-corrected chi connectivity index (χ2v) is 4.61. The Labute approximate surface area is 119 Å². The number of aliphatic hydroxyl groups is 1. The molecule has 0 saturated carbocycles. The molecule has 0 amide bonds. The molecule has 0 aliphatic carbocycles. The van der Waals surface area contributed by atoms with Crippen LogP contribution in [0.3, 0.4) is 0 Å². The van der Waals surface area contributed by atoms with Crippen molar-refractivity contribution in [3.05, 3.63) is 46.5 Å². The first-order valence-corrected chi connectivity index (χ1v) is 6.29. The monoisotopic (exact) mass is 298 g/mol. The van der Waals surface area contributed by atoms with Crippen molar-refractivity contribution in [2.45, 2.75) is 12.8 Å². The molecule has 0 fully saturated rings.